The fourth-order valence-electron chi connectivity index (χ4n) is 4.29. The largest absolute Gasteiger partial charge is 0.399 e. The Hall–Kier alpha value is -2.20. The predicted molar refractivity (Wildman–Crippen MR) is 108 cm³/mol. The fourth-order valence-corrected chi connectivity index (χ4v) is 4.29. The minimum Gasteiger partial charge on any atom is -0.399 e. The number of hydrogen-bond donors (Lipinski definition) is 3. The Morgan fingerprint density at radius 1 is 0.760 bits per heavy atom. The third-order valence-corrected chi connectivity index (χ3v) is 4.88. The molecule has 0 unspecified atom stereocenters. The fraction of sp³-hybridized carbons (Fsp3) is 0.429. The van der Waals surface area contributed by atoms with E-state index in [0.717, 1.165) is 35.6 Å². The minimum absolute atomic E-state index is 0.0757. The molecule has 25 heavy (non-hydrogen) atoms. The molecule has 1 aliphatic rings. The van der Waals surface area contributed by atoms with Gasteiger partial charge < -0.3 is 21.7 Å². The van der Waals surface area contributed by atoms with E-state index in [9.17, 15) is 0 Å². The molecule has 3 rings (SSSR count). The van der Waals surface area contributed by atoms with Crippen molar-refractivity contribution in [2.75, 3.05) is 16.4 Å². The van der Waals surface area contributed by atoms with Gasteiger partial charge in [0.15, 0.2) is 0 Å². The monoisotopic (exact) mass is 338 g/mol. The zero-order valence-corrected chi connectivity index (χ0v) is 15.7. The van der Waals surface area contributed by atoms with Crippen LogP contribution in [-0.2, 0) is 0 Å². The van der Waals surface area contributed by atoms with E-state index in [1.54, 1.807) is 0 Å². The third-order valence-electron chi connectivity index (χ3n) is 4.88. The lowest BCUT2D eigenvalue weighted by molar-refractivity contribution is 0.163. The lowest BCUT2D eigenvalue weighted by Crippen LogP contribution is -2.61. The molecule has 1 saturated heterocycles. The summed E-state index contributed by atoms with van der Waals surface area (Å²) < 4.78 is 0. The molecule has 0 amide bonds. The van der Waals surface area contributed by atoms with Gasteiger partial charge in [0, 0.05) is 39.9 Å². The zero-order valence-electron chi connectivity index (χ0n) is 15.7. The van der Waals surface area contributed by atoms with Crippen molar-refractivity contribution in [2.45, 2.75) is 57.7 Å². The number of nitrogens with two attached hydrogens (primary N) is 2. The summed E-state index contributed by atoms with van der Waals surface area (Å²) >= 11 is 0. The molecular weight excluding hydrogens is 308 g/mol. The number of hydrogen-bond acceptors (Lipinski definition) is 4. The van der Waals surface area contributed by atoms with Crippen molar-refractivity contribution in [2.24, 2.45) is 0 Å². The highest BCUT2D eigenvalue weighted by Gasteiger charge is 2.40. The lowest BCUT2D eigenvalue weighted by Gasteiger charge is -2.50. The van der Waals surface area contributed by atoms with E-state index in [1.165, 1.54) is 0 Å². The normalized spacial score (nSPS) is 19.5. The standard InChI is InChI=1S/C21H30N4/c1-20(2)13-19(14-21(3,4)24-20)25(17-9-5-15(22)6-10-17)18-11-7-16(23)8-12-18/h5-12,19,24H,13-14,22-23H2,1-4H3. The van der Waals surface area contributed by atoms with Gasteiger partial charge in [-0.05, 0) is 89.1 Å². The van der Waals surface area contributed by atoms with Gasteiger partial charge in [-0.1, -0.05) is 0 Å². The van der Waals surface area contributed by atoms with Gasteiger partial charge in [0.05, 0.1) is 0 Å². The van der Waals surface area contributed by atoms with Crippen molar-refractivity contribution < 1.29 is 0 Å². The van der Waals surface area contributed by atoms with Crippen molar-refractivity contribution in [1.29, 1.82) is 0 Å². The summed E-state index contributed by atoms with van der Waals surface area (Å²) in [5.41, 5.74) is 15.9. The molecule has 134 valence electrons. The van der Waals surface area contributed by atoms with Gasteiger partial charge in [0.1, 0.15) is 0 Å². The quantitative estimate of drug-likeness (QED) is 0.730. The van der Waals surface area contributed by atoms with Crippen LogP contribution in [0.25, 0.3) is 0 Å². The average molecular weight is 338 g/mol. The molecule has 0 saturated carbocycles. The molecule has 0 aliphatic carbocycles. The predicted octanol–water partition coefficient (Wildman–Crippen LogP) is 4.30. The second-order valence-electron chi connectivity index (χ2n) is 8.51. The van der Waals surface area contributed by atoms with Crippen LogP contribution in [0.5, 0.6) is 0 Å². The molecule has 5 N–H and O–H groups in total. The van der Waals surface area contributed by atoms with Gasteiger partial charge in [0.2, 0.25) is 0 Å². The molecule has 1 heterocycles. The summed E-state index contributed by atoms with van der Waals surface area (Å²) in [4.78, 5) is 2.43. The number of nitrogen functional groups attached to an aromatic ring is 2. The molecule has 1 aliphatic heterocycles. The Morgan fingerprint density at radius 3 is 1.48 bits per heavy atom. The molecule has 0 aromatic heterocycles. The van der Waals surface area contributed by atoms with Gasteiger partial charge in [-0.25, -0.2) is 0 Å². The maximum atomic E-state index is 5.90. The number of anilines is 4. The second kappa shape index (κ2) is 6.26. The van der Waals surface area contributed by atoms with Gasteiger partial charge in [0.25, 0.3) is 0 Å². The summed E-state index contributed by atoms with van der Waals surface area (Å²) in [6.45, 7) is 9.13. The van der Waals surface area contributed by atoms with Crippen LogP contribution in [0, 0.1) is 0 Å². The second-order valence-corrected chi connectivity index (χ2v) is 8.51. The number of nitrogens with zero attached hydrogens (tertiary/aromatic N) is 1. The Morgan fingerprint density at radius 2 is 1.12 bits per heavy atom. The van der Waals surface area contributed by atoms with E-state index in [1.807, 2.05) is 24.3 Å². The molecule has 0 radical (unpaired) electrons. The maximum Gasteiger partial charge on any atom is 0.0414 e. The summed E-state index contributed by atoms with van der Waals surface area (Å²) in [7, 11) is 0. The highest BCUT2D eigenvalue weighted by molar-refractivity contribution is 5.67. The van der Waals surface area contributed by atoms with Crippen molar-refractivity contribution >= 4 is 22.7 Å². The summed E-state index contributed by atoms with van der Waals surface area (Å²) in [5, 5.41) is 3.77. The van der Waals surface area contributed by atoms with E-state index < -0.39 is 0 Å². The minimum atomic E-state index is 0.0757. The molecule has 4 nitrogen and oxygen atoms in total. The van der Waals surface area contributed by atoms with Crippen LogP contribution in [0.4, 0.5) is 22.7 Å². The third kappa shape index (κ3) is 4.07. The van der Waals surface area contributed by atoms with Gasteiger partial charge in [-0.15, -0.1) is 0 Å². The molecule has 2 aromatic carbocycles. The van der Waals surface area contributed by atoms with E-state index in [4.69, 9.17) is 11.5 Å². The summed E-state index contributed by atoms with van der Waals surface area (Å²) in [6.07, 6.45) is 2.12. The molecular formula is C21H30N4. The SMILES string of the molecule is CC1(C)CC(N(c2ccc(N)cc2)c2ccc(N)cc2)CC(C)(C)N1. The van der Waals surface area contributed by atoms with Crippen LogP contribution < -0.4 is 21.7 Å². The topological polar surface area (TPSA) is 67.3 Å². The first kappa shape index (κ1) is 17.6. The molecule has 0 bridgehead atoms. The first-order valence-electron chi connectivity index (χ1n) is 8.95. The lowest BCUT2D eigenvalue weighted by atomic mass is 9.78. The maximum absolute atomic E-state index is 5.90. The van der Waals surface area contributed by atoms with Crippen molar-refractivity contribution in [3.8, 4) is 0 Å². The zero-order chi connectivity index (χ0) is 18.2. The first-order chi connectivity index (χ1) is 11.7. The van der Waals surface area contributed by atoms with E-state index in [0.29, 0.717) is 6.04 Å². The van der Waals surface area contributed by atoms with Crippen LogP contribution in [0.2, 0.25) is 0 Å². The summed E-state index contributed by atoms with van der Waals surface area (Å²) in [5.74, 6) is 0. The molecule has 2 aromatic rings. The smallest absolute Gasteiger partial charge is 0.0414 e. The van der Waals surface area contributed by atoms with Gasteiger partial charge >= 0.3 is 0 Å². The molecule has 1 fully saturated rings. The van der Waals surface area contributed by atoms with Gasteiger partial charge in [-0.3, -0.25) is 0 Å². The number of rotatable bonds is 3. The Bertz CT molecular complexity index is 655. The van der Waals surface area contributed by atoms with Crippen LogP contribution in [0.15, 0.2) is 48.5 Å². The van der Waals surface area contributed by atoms with Crippen molar-refractivity contribution in [3.05, 3.63) is 48.5 Å². The summed E-state index contributed by atoms with van der Waals surface area (Å²) in [6, 6.07) is 16.7. The van der Waals surface area contributed by atoms with Crippen LogP contribution in [0.3, 0.4) is 0 Å². The molecule has 4 heteroatoms. The van der Waals surface area contributed by atoms with Gasteiger partial charge in [-0.2, -0.15) is 0 Å². The Kier molecular flexibility index (Phi) is 4.41. The van der Waals surface area contributed by atoms with E-state index >= 15 is 0 Å². The number of benzene rings is 2. The Labute approximate surface area is 151 Å². The highest BCUT2D eigenvalue weighted by Crippen LogP contribution is 2.38. The number of nitrogens with one attached hydrogen (secondary N) is 1. The van der Waals surface area contributed by atoms with E-state index in [-0.39, 0.29) is 11.1 Å². The van der Waals surface area contributed by atoms with Crippen molar-refractivity contribution in [1.82, 2.24) is 5.32 Å². The first-order valence-corrected chi connectivity index (χ1v) is 8.95. The van der Waals surface area contributed by atoms with Crippen LogP contribution in [0.1, 0.15) is 40.5 Å². The molecule has 0 spiro atoms. The number of piperidine rings is 1. The van der Waals surface area contributed by atoms with Crippen LogP contribution >= 0.6 is 0 Å². The van der Waals surface area contributed by atoms with Crippen LogP contribution in [-0.4, -0.2) is 17.1 Å². The highest BCUT2D eigenvalue weighted by atomic mass is 15.2. The molecule has 0 atom stereocenters. The average Bonchev–Trinajstić information content (AvgIpc) is 2.48. The van der Waals surface area contributed by atoms with Crippen molar-refractivity contribution in [3.63, 3.8) is 0 Å². The van der Waals surface area contributed by atoms with E-state index in [2.05, 4.69) is 62.2 Å². The Balaban J connectivity index is 2.04.